The van der Waals surface area contributed by atoms with Crippen LogP contribution in [0, 0.1) is 5.92 Å². The van der Waals surface area contributed by atoms with E-state index in [9.17, 15) is 15.0 Å². The minimum absolute atomic E-state index is 0.0238. The van der Waals surface area contributed by atoms with Crippen molar-refractivity contribution in [1.29, 1.82) is 0 Å². The molecule has 6 heteroatoms. The summed E-state index contributed by atoms with van der Waals surface area (Å²) in [6, 6.07) is 4.52. The Bertz CT molecular complexity index is 524. The Hall–Kier alpha value is -1.95. The first-order chi connectivity index (χ1) is 10.6. The maximum atomic E-state index is 11.7. The van der Waals surface area contributed by atoms with Gasteiger partial charge in [0, 0.05) is 30.8 Å². The van der Waals surface area contributed by atoms with E-state index in [1.165, 1.54) is 12.1 Å². The van der Waals surface area contributed by atoms with Crippen molar-refractivity contribution in [2.45, 2.75) is 52.8 Å². The fraction of sp³-hybridized carbons (Fsp3) is 0.588. The predicted octanol–water partition coefficient (Wildman–Crippen LogP) is 2.74. The normalized spacial score (nSPS) is 13.0. The smallest absolute Gasteiger partial charge is 0.407 e. The lowest BCUT2D eigenvalue weighted by atomic mass is 10.0. The number of rotatable bonds is 6. The second-order valence-electron chi connectivity index (χ2n) is 6.93. The van der Waals surface area contributed by atoms with Crippen molar-refractivity contribution in [1.82, 2.24) is 10.6 Å². The maximum Gasteiger partial charge on any atom is 0.407 e. The highest BCUT2D eigenvalue weighted by Gasteiger charge is 2.19. The van der Waals surface area contributed by atoms with E-state index in [1.54, 1.807) is 6.07 Å². The molecule has 0 bridgehead atoms. The van der Waals surface area contributed by atoms with Gasteiger partial charge in [0.15, 0.2) is 0 Å². The fourth-order valence-corrected chi connectivity index (χ4v) is 1.99. The van der Waals surface area contributed by atoms with Crippen molar-refractivity contribution in [3.8, 4) is 11.5 Å². The standard InChI is InChI=1S/C17H28N2O4/c1-11(2)14(10-19-16(22)23-17(3,4)5)18-9-12-6-7-13(20)8-15(12)21/h6-8,11,14,18,20-21H,9-10H2,1-5H3,(H,19,22). The number of hydrogen-bond acceptors (Lipinski definition) is 5. The molecule has 1 aromatic carbocycles. The van der Waals surface area contributed by atoms with Gasteiger partial charge in [-0.2, -0.15) is 0 Å². The van der Waals surface area contributed by atoms with Crippen LogP contribution < -0.4 is 10.6 Å². The van der Waals surface area contributed by atoms with Gasteiger partial charge in [0.2, 0.25) is 0 Å². The first-order valence-electron chi connectivity index (χ1n) is 7.79. The molecule has 0 aliphatic heterocycles. The van der Waals surface area contributed by atoms with Gasteiger partial charge in [-0.1, -0.05) is 19.9 Å². The molecule has 1 unspecified atom stereocenters. The van der Waals surface area contributed by atoms with Gasteiger partial charge < -0.3 is 25.6 Å². The number of phenols is 2. The molecule has 0 spiro atoms. The molecule has 0 radical (unpaired) electrons. The number of nitrogens with one attached hydrogen (secondary N) is 2. The Balaban J connectivity index is 2.54. The quantitative estimate of drug-likeness (QED) is 0.646. The first kappa shape index (κ1) is 19.1. The van der Waals surface area contributed by atoms with Crippen LogP contribution in [0.1, 0.15) is 40.2 Å². The van der Waals surface area contributed by atoms with Gasteiger partial charge in [-0.05, 0) is 32.8 Å². The molecule has 23 heavy (non-hydrogen) atoms. The van der Waals surface area contributed by atoms with Crippen molar-refractivity contribution < 1.29 is 19.7 Å². The lowest BCUT2D eigenvalue weighted by molar-refractivity contribution is 0.0519. The van der Waals surface area contributed by atoms with Crippen LogP contribution in [0.25, 0.3) is 0 Å². The molecule has 4 N–H and O–H groups in total. The van der Waals surface area contributed by atoms with Gasteiger partial charge in [-0.25, -0.2) is 4.79 Å². The first-order valence-corrected chi connectivity index (χ1v) is 7.79. The summed E-state index contributed by atoms with van der Waals surface area (Å²) >= 11 is 0. The topological polar surface area (TPSA) is 90.8 Å². The second kappa shape index (κ2) is 8.06. The van der Waals surface area contributed by atoms with E-state index in [1.807, 2.05) is 34.6 Å². The number of carbonyl (C=O) groups excluding carboxylic acids is 1. The summed E-state index contributed by atoms with van der Waals surface area (Å²) in [6.07, 6.45) is -0.447. The molecule has 0 fully saturated rings. The minimum atomic E-state index is -0.525. The monoisotopic (exact) mass is 324 g/mol. The Morgan fingerprint density at radius 1 is 1.26 bits per heavy atom. The molecule has 0 aliphatic rings. The second-order valence-corrected chi connectivity index (χ2v) is 6.93. The highest BCUT2D eigenvalue weighted by Crippen LogP contribution is 2.22. The zero-order chi connectivity index (χ0) is 17.6. The number of phenolic OH excluding ortho intramolecular Hbond substituents is 2. The van der Waals surface area contributed by atoms with E-state index < -0.39 is 11.7 Å². The lowest BCUT2D eigenvalue weighted by Gasteiger charge is -2.25. The van der Waals surface area contributed by atoms with E-state index in [2.05, 4.69) is 10.6 Å². The Morgan fingerprint density at radius 2 is 1.91 bits per heavy atom. The molecule has 0 aliphatic carbocycles. The van der Waals surface area contributed by atoms with Crippen LogP contribution in [-0.4, -0.2) is 34.5 Å². The summed E-state index contributed by atoms with van der Waals surface area (Å²) in [5.74, 6) is 0.350. The Morgan fingerprint density at radius 3 is 2.43 bits per heavy atom. The Kier molecular flexibility index (Phi) is 6.69. The minimum Gasteiger partial charge on any atom is -0.508 e. The summed E-state index contributed by atoms with van der Waals surface area (Å²) in [5, 5.41) is 25.2. The van der Waals surface area contributed by atoms with Crippen molar-refractivity contribution in [3.05, 3.63) is 23.8 Å². The SMILES string of the molecule is CC(C)C(CNC(=O)OC(C)(C)C)NCc1ccc(O)cc1O. The summed E-state index contributed by atoms with van der Waals surface area (Å²) in [6.45, 7) is 10.4. The molecule has 1 atom stereocenters. The van der Waals surface area contributed by atoms with E-state index in [0.29, 0.717) is 18.7 Å². The van der Waals surface area contributed by atoms with Crippen molar-refractivity contribution >= 4 is 6.09 Å². The fourth-order valence-electron chi connectivity index (χ4n) is 1.99. The van der Waals surface area contributed by atoms with E-state index in [4.69, 9.17) is 4.74 Å². The van der Waals surface area contributed by atoms with Crippen LogP contribution in [0.5, 0.6) is 11.5 Å². The maximum absolute atomic E-state index is 11.7. The van der Waals surface area contributed by atoms with E-state index in [-0.39, 0.29) is 23.5 Å². The number of ether oxygens (including phenoxy) is 1. The van der Waals surface area contributed by atoms with Crippen LogP contribution in [0.2, 0.25) is 0 Å². The zero-order valence-corrected chi connectivity index (χ0v) is 14.5. The molecule has 0 saturated carbocycles. The molecule has 0 heterocycles. The average molecular weight is 324 g/mol. The van der Waals surface area contributed by atoms with Crippen molar-refractivity contribution in [2.75, 3.05) is 6.54 Å². The molecular formula is C17H28N2O4. The highest BCUT2D eigenvalue weighted by atomic mass is 16.6. The van der Waals surface area contributed by atoms with Gasteiger partial charge in [0.1, 0.15) is 17.1 Å². The molecule has 0 aromatic heterocycles. The van der Waals surface area contributed by atoms with E-state index in [0.717, 1.165) is 0 Å². The number of alkyl carbamates (subject to hydrolysis) is 1. The van der Waals surface area contributed by atoms with Crippen LogP contribution in [0.3, 0.4) is 0 Å². The number of carbonyl (C=O) groups is 1. The zero-order valence-electron chi connectivity index (χ0n) is 14.5. The lowest BCUT2D eigenvalue weighted by Crippen LogP contribution is -2.45. The van der Waals surface area contributed by atoms with Crippen molar-refractivity contribution in [3.63, 3.8) is 0 Å². The van der Waals surface area contributed by atoms with Crippen LogP contribution >= 0.6 is 0 Å². The molecule has 1 aromatic rings. The summed E-state index contributed by atoms with van der Waals surface area (Å²) in [5.41, 5.74) is 0.161. The van der Waals surface area contributed by atoms with Gasteiger partial charge in [0.25, 0.3) is 0 Å². The van der Waals surface area contributed by atoms with Crippen LogP contribution in [0.15, 0.2) is 18.2 Å². The number of amides is 1. The third-order valence-electron chi connectivity index (χ3n) is 3.29. The van der Waals surface area contributed by atoms with Crippen LogP contribution in [-0.2, 0) is 11.3 Å². The number of benzene rings is 1. The number of aromatic hydroxyl groups is 2. The molecule has 6 nitrogen and oxygen atoms in total. The molecule has 1 rings (SSSR count). The van der Waals surface area contributed by atoms with Crippen molar-refractivity contribution in [2.24, 2.45) is 5.92 Å². The largest absolute Gasteiger partial charge is 0.508 e. The van der Waals surface area contributed by atoms with E-state index >= 15 is 0 Å². The molecule has 130 valence electrons. The van der Waals surface area contributed by atoms with Gasteiger partial charge in [-0.3, -0.25) is 0 Å². The summed E-state index contributed by atoms with van der Waals surface area (Å²) < 4.78 is 5.22. The molecular weight excluding hydrogens is 296 g/mol. The summed E-state index contributed by atoms with van der Waals surface area (Å²) in [4.78, 5) is 11.7. The third kappa shape index (κ3) is 7.23. The van der Waals surface area contributed by atoms with Crippen LogP contribution in [0.4, 0.5) is 4.79 Å². The summed E-state index contributed by atoms with van der Waals surface area (Å²) in [7, 11) is 0. The third-order valence-corrected chi connectivity index (χ3v) is 3.29. The van der Waals surface area contributed by atoms with Gasteiger partial charge in [-0.15, -0.1) is 0 Å². The number of hydrogen-bond donors (Lipinski definition) is 4. The van der Waals surface area contributed by atoms with Gasteiger partial charge in [0.05, 0.1) is 0 Å². The Labute approximate surface area is 137 Å². The highest BCUT2D eigenvalue weighted by molar-refractivity contribution is 5.67. The predicted molar refractivity (Wildman–Crippen MR) is 89.5 cm³/mol. The molecule has 0 saturated heterocycles. The molecule has 1 amide bonds. The van der Waals surface area contributed by atoms with Gasteiger partial charge >= 0.3 is 6.09 Å². The average Bonchev–Trinajstić information content (AvgIpc) is 2.38.